The Morgan fingerprint density at radius 2 is 2.15 bits per heavy atom. The van der Waals surface area contributed by atoms with E-state index in [0.29, 0.717) is 24.0 Å². The normalized spacial score (nSPS) is 16.0. The van der Waals surface area contributed by atoms with Gasteiger partial charge < -0.3 is 19.4 Å². The Morgan fingerprint density at radius 1 is 1.45 bits per heavy atom. The molecule has 0 saturated carbocycles. The molecule has 0 radical (unpaired) electrons. The van der Waals surface area contributed by atoms with Crippen molar-refractivity contribution in [3.8, 4) is 0 Å². The number of carbonyl (C=O) groups excluding carboxylic acids is 1. The largest absolute Gasteiger partial charge is 0.453 e. The summed E-state index contributed by atoms with van der Waals surface area (Å²) < 4.78 is 10.5. The lowest BCUT2D eigenvalue weighted by Crippen LogP contribution is -2.40. The minimum absolute atomic E-state index is 0. The maximum absolute atomic E-state index is 12.3. The van der Waals surface area contributed by atoms with Gasteiger partial charge in [-0.3, -0.25) is 4.79 Å². The molecule has 1 aromatic rings. The maximum atomic E-state index is 12.3. The standard InChI is InChI=1S/C14H22N2O3.ClH/c1-15-9-11-5-7-16(8-6-11)14(17)13-4-3-12(19-13)10-18-2;/h3-4,11,15H,5-10H2,1-2H3;1H. The molecular formula is C14H23ClN2O3. The van der Waals surface area contributed by atoms with Gasteiger partial charge in [-0.05, 0) is 44.5 Å². The first-order valence-electron chi connectivity index (χ1n) is 6.76. The molecule has 114 valence electrons. The number of amides is 1. The van der Waals surface area contributed by atoms with Gasteiger partial charge in [-0.25, -0.2) is 0 Å². The smallest absolute Gasteiger partial charge is 0.289 e. The Hall–Kier alpha value is -1.04. The lowest BCUT2D eigenvalue weighted by molar-refractivity contribution is 0.0651. The van der Waals surface area contributed by atoms with E-state index in [9.17, 15) is 4.79 Å². The third kappa shape index (κ3) is 4.23. The van der Waals surface area contributed by atoms with E-state index < -0.39 is 0 Å². The highest BCUT2D eigenvalue weighted by atomic mass is 35.5. The van der Waals surface area contributed by atoms with Crippen LogP contribution in [0.4, 0.5) is 0 Å². The average molecular weight is 303 g/mol. The van der Waals surface area contributed by atoms with E-state index in [1.54, 1.807) is 19.2 Å². The minimum atomic E-state index is -0.00902. The van der Waals surface area contributed by atoms with Crippen molar-refractivity contribution in [3.05, 3.63) is 23.7 Å². The first-order chi connectivity index (χ1) is 9.24. The highest BCUT2D eigenvalue weighted by Crippen LogP contribution is 2.19. The van der Waals surface area contributed by atoms with Crippen LogP contribution in [-0.2, 0) is 11.3 Å². The average Bonchev–Trinajstić information content (AvgIpc) is 2.88. The summed E-state index contributed by atoms with van der Waals surface area (Å²) in [6.45, 7) is 3.05. The van der Waals surface area contributed by atoms with Crippen molar-refractivity contribution in [3.63, 3.8) is 0 Å². The molecule has 0 aliphatic carbocycles. The number of piperidine rings is 1. The number of carbonyl (C=O) groups is 1. The number of nitrogens with one attached hydrogen (secondary N) is 1. The van der Waals surface area contributed by atoms with E-state index in [0.717, 1.165) is 32.5 Å². The number of ether oxygens (including phenoxy) is 1. The fraction of sp³-hybridized carbons (Fsp3) is 0.643. The Balaban J connectivity index is 0.00000200. The van der Waals surface area contributed by atoms with Crippen molar-refractivity contribution >= 4 is 18.3 Å². The summed E-state index contributed by atoms with van der Waals surface area (Å²) >= 11 is 0. The molecule has 1 N–H and O–H groups in total. The van der Waals surface area contributed by atoms with Gasteiger partial charge in [0.2, 0.25) is 0 Å². The third-order valence-electron chi connectivity index (χ3n) is 3.55. The predicted molar refractivity (Wildman–Crippen MR) is 79.2 cm³/mol. The number of methoxy groups -OCH3 is 1. The number of rotatable bonds is 5. The molecular weight excluding hydrogens is 280 g/mol. The van der Waals surface area contributed by atoms with Crippen molar-refractivity contribution in [2.45, 2.75) is 19.4 Å². The molecule has 1 aromatic heterocycles. The monoisotopic (exact) mass is 302 g/mol. The van der Waals surface area contributed by atoms with E-state index in [1.807, 2.05) is 11.9 Å². The summed E-state index contributed by atoms with van der Waals surface area (Å²) in [5.74, 6) is 1.77. The Kier molecular flexibility index (Phi) is 7.05. The first-order valence-corrected chi connectivity index (χ1v) is 6.76. The highest BCUT2D eigenvalue weighted by molar-refractivity contribution is 5.91. The Morgan fingerprint density at radius 3 is 2.75 bits per heavy atom. The molecule has 1 amide bonds. The zero-order chi connectivity index (χ0) is 13.7. The van der Waals surface area contributed by atoms with Crippen LogP contribution < -0.4 is 5.32 Å². The van der Waals surface area contributed by atoms with Gasteiger partial charge in [0.1, 0.15) is 12.4 Å². The van der Waals surface area contributed by atoms with Gasteiger partial charge in [0.15, 0.2) is 5.76 Å². The molecule has 1 fully saturated rings. The topological polar surface area (TPSA) is 54.7 Å². The van der Waals surface area contributed by atoms with Crippen LogP contribution in [0.1, 0.15) is 29.2 Å². The summed E-state index contributed by atoms with van der Waals surface area (Å²) in [4.78, 5) is 14.1. The van der Waals surface area contributed by atoms with Crippen LogP contribution in [0.3, 0.4) is 0 Å². The fourth-order valence-electron chi connectivity index (χ4n) is 2.50. The van der Waals surface area contributed by atoms with Crippen molar-refractivity contribution in [2.24, 2.45) is 5.92 Å². The predicted octanol–water partition coefficient (Wildman–Crippen LogP) is 1.92. The Labute approximate surface area is 126 Å². The van der Waals surface area contributed by atoms with E-state index in [1.165, 1.54) is 0 Å². The van der Waals surface area contributed by atoms with Gasteiger partial charge in [-0.1, -0.05) is 0 Å². The number of furan rings is 1. The number of nitrogens with zero attached hydrogens (tertiary/aromatic N) is 1. The lowest BCUT2D eigenvalue weighted by atomic mass is 9.97. The quantitative estimate of drug-likeness (QED) is 0.903. The van der Waals surface area contributed by atoms with Crippen molar-refractivity contribution in [2.75, 3.05) is 33.8 Å². The molecule has 0 aromatic carbocycles. The van der Waals surface area contributed by atoms with Gasteiger partial charge in [0.05, 0.1) is 0 Å². The van der Waals surface area contributed by atoms with Crippen LogP contribution in [-0.4, -0.2) is 44.6 Å². The second kappa shape index (κ2) is 8.29. The number of hydrogen-bond acceptors (Lipinski definition) is 4. The summed E-state index contributed by atoms with van der Waals surface area (Å²) in [5.41, 5.74) is 0. The second-order valence-electron chi connectivity index (χ2n) is 4.99. The van der Waals surface area contributed by atoms with Gasteiger partial charge in [-0.15, -0.1) is 12.4 Å². The van der Waals surface area contributed by atoms with E-state index >= 15 is 0 Å². The van der Waals surface area contributed by atoms with Crippen LogP contribution in [0.2, 0.25) is 0 Å². The number of likely N-dealkylation sites (tertiary alicyclic amines) is 1. The minimum Gasteiger partial charge on any atom is -0.453 e. The molecule has 1 aliphatic rings. The molecule has 20 heavy (non-hydrogen) atoms. The molecule has 0 bridgehead atoms. The van der Waals surface area contributed by atoms with Crippen molar-refractivity contribution < 1.29 is 13.9 Å². The van der Waals surface area contributed by atoms with Crippen LogP contribution in [0.25, 0.3) is 0 Å². The highest BCUT2D eigenvalue weighted by Gasteiger charge is 2.25. The number of hydrogen-bond donors (Lipinski definition) is 1. The van der Waals surface area contributed by atoms with Crippen LogP contribution in [0, 0.1) is 5.92 Å². The molecule has 2 heterocycles. The Bertz CT molecular complexity index is 414. The fourth-order valence-corrected chi connectivity index (χ4v) is 2.50. The molecule has 6 heteroatoms. The molecule has 5 nitrogen and oxygen atoms in total. The SMILES string of the molecule is CNCC1CCN(C(=O)c2ccc(COC)o2)CC1.Cl. The van der Waals surface area contributed by atoms with Gasteiger partial charge >= 0.3 is 0 Å². The lowest BCUT2D eigenvalue weighted by Gasteiger charge is -2.31. The van der Waals surface area contributed by atoms with E-state index in [2.05, 4.69) is 5.32 Å². The first kappa shape index (κ1) is 17.0. The number of halogens is 1. The zero-order valence-corrected chi connectivity index (χ0v) is 12.9. The van der Waals surface area contributed by atoms with Gasteiger partial charge in [-0.2, -0.15) is 0 Å². The van der Waals surface area contributed by atoms with E-state index in [4.69, 9.17) is 9.15 Å². The van der Waals surface area contributed by atoms with Crippen molar-refractivity contribution in [1.29, 1.82) is 0 Å². The maximum Gasteiger partial charge on any atom is 0.289 e. The van der Waals surface area contributed by atoms with Crippen LogP contribution in [0.15, 0.2) is 16.5 Å². The van der Waals surface area contributed by atoms with Crippen LogP contribution >= 0.6 is 12.4 Å². The molecule has 1 aliphatic heterocycles. The summed E-state index contributed by atoms with van der Waals surface area (Å²) in [6.07, 6.45) is 2.11. The second-order valence-corrected chi connectivity index (χ2v) is 4.99. The molecule has 0 unspecified atom stereocenters. The van der Waals surface area contributed by atoms with Crippen LogP contribution in [0.5, 0.6) is 0 Å². The van der Waals surface area contributed by atoms with Gasteiger partial charge in [0, 0.05) is 20.2 Å². The van der Waals surface area contributed by atoms with E-state index in [-0.39, 0.29) is 18.3 Å². The molecule has 0 spiro atoms. The summed E-state index contributed by atoms with van der Waals surface area (Å²) in [6, 6.07) is 3.53. The molecule has 2 rings (SSSR count). The van der Waals surface area contributed by atoms with Gasteiger partial charge in [0.25, 0.3) is 5.91 Å². The zero-order valence-electron chi connectivity index (χ0n) is 12.1. The van der Waals surface area contributed by atoms with Crippen molar-refractivity contribution in [1.82, 2.24) is 10.2 Å². The summed E-state index contributed by atoms with van der Waals surface area (Å²) in [7, 11) is 3.58. The molecule has 1 saturated heterocycles. The summed E-state index contributed by atoms with van der Waals surface area (Å²) in [5, 5.41) is 3.19. The molecule has 0 atom stereocenters. The third-order valence-corrected chi connectivity index (χ3v) is 3.55.